The van der Waals surface area contributed by atoms with Crippen LogP contribution in [-0.2, 0) is 17.8 Å². The van der Waals surface area contributed by atoms with E-state index in [1.807, 2.05) is 12.1 Å². The molecule has 124 valence electrons. The summed E-state index contributed by atoms with van der Waals surface area (Å²) in [6.07, 6.45) is 4.00. The van der Waals surface area contributed by atoms with E-state index in [0.29, 0.717) is 5.56 Å². The van der Waals surface area contributed by atoms with Crippen LogP contribution in [0.25, 0.3) is 6.08 Å². The van der Waals surface area contributed by atoms with Gasteiger partial charge >= 0.3 is 0 Å². The molecule has 0 aliphatic carbocycles. The molecule has 0 bridgehead atoms. The van der Waals surface area contributed by atoms with Crippen LogP contribution in [0, 0.1) is 5.82 Å². The minimum Gasteiger partial charge on any atom is -0.323 e. The Morgan fingerprint density at radius 1 is 1.25 bits per heavy atom. The maximum absolute atomic E-state index is 13.0. The molecule has 1 heterocycles. The average Bonchev–Trinajstić information content (AvgIpc) is 2.53. The molecule has 1 N–H and O–H groups in total. The predicted octanol–water partition coefficient (Wildman–Crippen LogP) is 4.12. The second-order valence-electron chi connectivity index (χ2n) is 5.96. The first kappa shape index (κ1) is 16.7. The third kappa shape index (κ3) is 4.02. The molecule has 2 aromatic rings. The lowest BCUT2D eigenvalue weighted by Crippen LogP contribution is -2.26. The SMILES string of the molecule is CN1CCc2ccc(NC(=O)C=Cc3ccc(F)cc3Cl)cc2C1. The van der Waals surface area contributed by atoms with E-state index < -0.39 is 5.82 Å². The third-order valence-electron chi connectivity index (χ3n) is 4.05. The first-order valence-electron chi connectivity index (χ1n) is 7.76. The third-order valence-corrected chi connectivity index (χ3v) is 4.38. The Hall–Kier alpha value is -2.17. The Labute approximate surface area is 145 Å². The number of anilines is 1. The second kappa shape index (κ2) is 7.16. The normalized spacial score (nSPS) is 14.6. The van der Waals surface area contributed by atoms with E-state index in [0.717, 1.165) is 25.2 Å². The molecular weight excluding hydrogens is 327 g/mol. The van der Waals surface area contributed by atoms with Gasteiger partial charge in [0, 0.05) is 24.9 Å². The Morgan fingerprint density at radius 2 is 2.08 bits per heavy atom. The molecule has 5 heteroatoms. The van der Waals surface area contributed by atoms with Crippen LogP contribution in [0.1, 0.15) is 16.7 Å². The number of fused-ring (bicyclic) bond motifs is 1. The van der Waals surface area contributed by atoms with Gasteiger partial charge in [-0.05, 0) is 60.5 Å². The molecule has 24 heavy (non-hydrogen) atoms. The van der Waals surface area contributed by atoms with Crippen LogP contribution in [-0.4, -0.2) is 24.4 Å². The predicted molar refractivity (Wildman–Crippen MR) is 95.6 cm³/mol. The van der Waals surface area contributed by atoms with Crippen molar-refractivity contribution in [2.75, 3.05) is 18.9 Å². The lowest BCUT2D eigenvalue weighted by molar-refractivity contribution is -0.111. The summed E-state index contributed by atoms with van der Waals surface area (Å²) < 4.78 is 13.0. The first-order chi connectivity index (χ1) is 11.5. The zero-order chi connectivity index (χ0) is 17.1. The van der Waals surface area contributed by atoms with Crippen molar-refractivity contribution >= 4 is 29.3 Å². The molecule has 0 saturated carbocycles. The van der Waals surface area contributed by atoms with Gasteiger partial charge in [-0.25, -0.2) is 4.39 Å². The van der Waals surface area contributed by atoms with Crippen molar-refractivity contribution in [2.45, 2.75) is 13.0 Å². The first-order valence-corrected chi connectivity index (χ1v) is 8.13. The maximum Gasteiger partial charge on any atom is 0.248 e. The molecule has 0 saturated heterocycles. The lowest BCUT2D eigenvalue weighted by Gasteiger charge is -2.25. The van der Waals surface area contributed by atoms with Gasteiger partial charge in [-0.1, -0.05) is 23.7 Å². The molecule has 3 rings (SSSR count). The van der Waals surface area contributed by atoms with E-state index in [-0.39, 0.29) is 10.9 Å². The number of nitrogens with one attached hydrogen (secondary N) is 1. The summed E-state index contributed by atoms with van der Waals surface area (Å²) in [5, 5.41) is 3.12. The zero-order valence-corrected chi connectivity index (χ0v) is 14.1. The smallest absolute Gasteiger partial charge is 0.248 e. The molecule has 2 aromatic carbocycles. The fourth-order valence-electron chi connectivity index (χ4n) is 2.76. The molecule has 3 nitrogen and oxygen atoms in total. The van der Waals surface area contributed by atoms with Gasteiger partial charge in [0.05, 0.1) is 5.02 Å². The zero-order valence-electron chi connectivity index (χ0n) is 13.4. The quantitative estimate of drug-likeness (QED) is 0.849. The average molecular weight is 345 g/mol. The number of benzene rings is 2. The molecule has 0 unspecified atom stereocenters. The van der Waals surface area contributed by atoms with Crippen LogP contribution < -0.4 is 5.32 Å². The number of carbonyl (C=O) groups excluding carboxylic acids is 1. The van der Waals surface area contributed by atoms with Crippen molar-refractivity contribution in [1.29, 1.82) is 0 Å². The van der Waals surface area contributed by atoms with Gasteiger partial charge < -0.3 is 10.2 Å². The Kier molecular flexibility index (Phi) is 4.97. The summed E-state index contributed by atoms with van der Waals surface area (Å²) in [5.41, 5.74) is 3.94. The van der Waals surface area contributed by atoms with Crippen LogP contribution in [0.2, 0.25) is 5.02 Å². The molecule has 0 spiro atoms. The van der Waals surface area contributed by atoms with Gasteiger partial charge in [0.1, 0.15) is 5.82 Å². The molecule has 0 aromatic heterocycles. The summed E-state index contributed by atoms with van der Waals surface area (Å²) in [6.45, 7) is 1.94. The summed E-state index contributed by atoms with van der Waals surface area (Å²) in [5.74, 6) is -0.653. The number of nitrogens with zero attached hydrogens (tertiary/aromatic N) is 1. The van der Waals surface area contributed by atoms with Crippen molar-refractivity contribution < 1.29 is 9.18 Å². The van der Waals surface area contributed by atoms with Crippen molar-refractivity contribution in [3.8, 4) is 0 Å². The van der Waals surface area contributed by atoms with Crippen LogP contribution in [0.15, 0.2) is 42.5 Å². The number of likely N-dealkylation sites (N-methyl/N-ethyl adjacent to an activating group) is 1. The largest absolute Gasteiger partial charge is 0.323 e. The fraction of sp³-hybridized carbons (Fsp3) is 0.211. The van der Waals surface area contributed by atoms with E-state index >= 15 is 0 Å². The monoisotopic (exact) mass is 344 g/mol. The molecular formula is C19H18ClFN2O. The van der Waals surface area contributed by atoms with Crippen molar-refractivity contribution in [3.63, 3.8) is 0 Å². The summed E-state index contributed by atoms with van der Waals surface area (Å²) in [7, 11) is 2.09. The van der Waals surface area contributed by atoms with Gasteiger partial charge in [0.25, 0.3) is 0 Å². The number of hydrogen-bond acceptors (Lipinski definition) is 2. The van der Waals surface area contributed by atoms with Crippen molar-refractivity contribution in [3.05, 3.63) is 70.0 Å². The molecule has 0 atom stereocenters. The van der Waals surface area contributed by atoms with Gasteiger partial charge in [-0.15, -0.1) is 0 Å². The van der Waals surface area contributed by atoms with Crippen molar-refractivity contribution in [2.24, 2.45) is 0 Å². The highest BCUT2D eigenvalue weighted by atomic mass is 35.5. The van der Waals surface area contributed by atoms with E-state index in [1.165, 1.54) is 35.4 Å². The van der Waals surface area contributed by atoms with Crippen LogP contribution in [0.3, 0.4) is 0 Å². The van der Waals surface area contributed by atoms with E-state index in [1.54, 1.807) is 6.08 Å². The van der Waals surface area contributed by atoms with Crippen LogP contribution in [0.5, 0.6) is 0 Å². The van der Waals surface area contributed by atoms with Gasteiger partial charge in [0.15, 0.2) is 0 Å². The summed E-state index contributed by atoms with van der Waals surface area (Å²) in [4.78, 5) is 14.3. The minimum absolute atomic E-state index is 0.250. The number of halogens is 2. The molecule has 1 aliphatic rings. The topological polar surface area (TPSA) is 32.3 Å². The number of rotatable bonds is 3. The minimum atomic E-state index is -0.402. The highest BCUT2D eigenvalue weighted by Gasteiger charge is 2.13. The maximum atomic E-state index is 13.0. The van der Waals surface area contributed by atoms with Gasteiger partial charge in [0.2, 0.25) is 5.91 Å². The highest BCUT2D eigenvalue weighted by molar-refractivity contribution is 6.32. The molecule has 0 radical (unpaired) electrons. The number of amides is 1. The Balaban J connectivity index is 1.68. The highest BCUT2D eigenvalue weighted by Crippen LogP contribution is 2.22. The standard InChI is InChI=1S/C19H18ClFN2O/c1-23-9-8-13-3-6-17(10-15(13)12-23)22-19(24)7-4-14-2-5-16(21)11-18(14)20/h2-7,10-11H,8-9,12H2,1H3,(H,22,24). The Morgan fingerprint density at radius 3 is 2.88 bits per heavy atom. The number of hydrogen-bond donors (Lipinski definition) is 1. The van der Waals surface area contributed by atoms with E-state index in [2.05, 4.69) is 23.3 Å². The second-order valence-corrected chi connectivity index (χ2v) is 6.37. The van der Waals surface area contributed by atoms with E-state index in [9.17, 15) is 9.18 Å². The van der Waals surface area contributed by atoms with Crippen LogP contribution >= 0.6 is 11.6 Å². The number of carbonyl (C=O) groups is 1. The van der Waals surface area contributed by atoms with Crippen molar-refractivity contribution in [1.82, 2.24) is 4.90 Å². The summed E-state index contributed by atoms with van der Waals surface area (Å²) >= 11 is 5.94. The Bertz CT molecular complexity index is 804. The summed E-state index contributed by atoms with van der Waals surface area (Å²) in [6, 6.07) is 10.1. The fourth-order valence-corrected chi connectivity index (χ4v) is 2.99. The lowest BCUT2D eigenvalue weighted by atomic mass is 9.99. The van der Waals surface area contributed by atoms with E-state index in [4.69, 9.17) is 11.6 Å². The van der Waals surface area contributed by atoms with Gasteiger partial charge in [-0.3, -0.25) is 4.79 Å². The van der Waals surface area contributed by atoms with Gasteiger partial charge in [-0.2, -0.15) is 0 Å². The molecule has 0 fully saturated rings. The van der Waals surface area contributed by atoms with Crippen LogP contribution in [0.4, 0.5) is 10.1 Å². The molecule has 1 aliphatic heterocycles. The molecule has 1 amide bonds.